The largest absolute Gasteiger partial charge is 0.497 e. The van der Waals surface area contributed by atoms with Crippen LogP contribution in [0.5, 0.6) is 5.75 Å². The maximum absolute atomic E-state index is 12.5. The van der Waals surface area contributed by atoms with Crippen LogP contribution in [0.15, 0.2) is 48.5 Å². The zero-order valence-electron chi connectivity index (χ0n) is 13.9. The summed E-state index contributed by atoms with van der Waals surface area (Å²) in [6, 6.07) is 14.1. The maximum atomic E-state index is 12.5. The Balaban J connectivity index is 2.05. The smallest absolute Gasteiger partial charge is 0.253 e. The van der Waals surface area contributed by atoms with Gasteiger partial charge in [-0.25, -0.2) is 0 Å². The molecule has 0 heterocycles. The molecule has 10 heteroatoms. The standard InChI is InChI=1S/C17H15Cl3IN3O2S/c1-26-13-7-5-12(6-8-13)22-16(27)24-15(17(18,19)20)23-14(25)10-3-2-4-11(21)9-10/h2-9,15H,1H3,(H,23,25)(H2,22,24,27)/t15-/m1/s1. The van der Waals surface area contributed by atoms with Gasteiger partial charge in [0.25, 0.3) is 5.91 Å². The molecular weight excluding hydrogens is 544 g/mol. The molecule has 0 fully saturated rings. The molecule has 0 aliphatic carbocycles. The molecule has 0 saturated heterocycles. The van der Waals surface area contributed by atoms with E-state index >= 15 is 0 Å². The second kappa shape index (κ2) is 9.97. The van der Waals surface area contributed by atoms with Crippen LogP contribution in [0, 0.1) is 3.57 Å². The van der Waals surface area contributed by atoms with E-state index in [0.29, 0.717) is 17.0 Å². The summed E-state index contributed by atoms with van der Waals surface area (Å²) in [7, 11) is 1.58. The van der Waals surface area contributed by atoms with E-state index in [-0.39, 0.29) is 5.11 Å². The first-order valence-corrected chi connectivity index (χ1v) is 10.2. The van der Waals surface area contributed by atoms with Crippen molar-refractivity contribution in [2.24, 2.45) is 0 Å². The molecule has 0 bridgehead atoms. The second-order valence-electron chi connectivity index (χ2n) is 5.29. The summed E-state index contributed by atoms with van der Waals surface area (Å²) in [6.45, 7) is 0. The Kier molecular flexibility index (Phi) is 8.23. The molecule has 0 aliphatic heterocycles. The summed E-state index contributed by atoms with van der Waals surface area (Å²) >= 11 is 25.4. The van der Waals surface area contributed by atoms with Gasteiger partial charge in [0.2, 0.25) is 3.79 Å². The number of carbonyl (C=O) groups excluding carboxylic acids is 1. The Labute approximate surface area is 191 Å². The topological polar surface area (TPSA) is 62.4 Å². The molecule has 144 valence electrons. The molecule has 0 aliphatic rings. The Morgan fingerprint density at radius 3 is 2.37 bits per heavy atom. The normalized spacial score (nSPS) is 12.0. The number of hydrogen-bond donors (Lipinski definition) is 3. The van der Waals surface area contributed by atoms with Gasteiger partial charge in [-0.05, 0) is 77.3 Å². The summed E-state index contributed by atoms with van der Waals surface area (Å²) in [5.74, 6) is 0.313. The highest BCUT2D eigenvalue weighted by Crippen LogP contribution is 2.29. The van der Waals surface area contributed by atoms with Gasteiger partial charge in [-0.2, -0.15) is 0 Å². The van der Waals surface area contributed by atoms with Crippen LogP contribution in [0.3, 0.4) is 0 Å². The minimum absolute atomic E-state index is 0.180. The van der Waals surface area contributed by atoms with Crippen molar-refractivity contribution in [3.63, 3.8) is 0 Å². The van der Waals surface area contributed by atoms with E-state index in [1.54, 1.807) is 49.6 Å². The van der Waals surface area contributed by atoms with Crippen LogP contribution in [0.4, 0.5) is 5.69 Å². The summed E-state index contributed by atoms with van der Waals surface area (Å²) in [4.78, 5) is 12.5. The molecule has 2 aromatic carbocycles. The first-order valence-electron chi connectivity index (χ1n) is 7.54. The van der Waals surface area contributed by atoms with Gasteiger partial charge in [-0.15, -0.1) is 0 Å². The number of benzene rings is 2. The molecule has 5 nitrogen and oxygen atoms in total. The zero-order valence-corrected chi connectivity index (χ0v) is 19.2. The summed E-state index contributed by atoms with van der Waals surface area (Å²) < 4.78 is 4.18. The SMILES string of the molecule is COc1ccc(NC(=S)N[C@@H](NC(=O)c2cccc(I)c2)C(Cl)(Cl)Cl)cc1. The quantitative estimate of drug-likeness (QED) is 0.215. The van der Waals surface area contributed by atoms with Crippen LogP contribution in [-0.4, -0.2) is 28.1 Å². The van der Waals surface area contributed by atoms with E-state index in [1.165, 1.54) is 0 Å². The van der Waals surface area contributed by atoms with Crippen molar-refractivity contribution in [3.05, 3.63) is 57.7 Å². The molecule has 0 radical (unpaired) electrons. The molecule has 27 heavy (non-hydrogen) atoms. The minimum atomic E-state index is -1.83. The molecular formula is C17H15Cl3IN3O2S. The number of ether oxygens (including phenoxy) is 1. The molecule has 1 amide bonds. The number of thiocarbonyl (C=S) groups is 1. The lowest BCUT2D eigenvalue weighted by molar-refractivity contribution is 0.0934. The predicted octanol–water partition coefficient (Wildman–Crippen LogP) is 4.71. The van der Waals surface area contributed by atoms with E-state index in [0.717, 1.165) is 3.57 Å². The third-order valence-corrected chi connectivity index (χ3v) is 4.86. The lowest BCUT2D eigenvalue weighted by Gasteiger charge is -2.27. The fourth-order valence-electron chi connectivity index (χ4n) is 2.02. The van der Waals surface area contributed by atoms with Gasteiger partial charge >= 0.3 is 0 Å². The average Bonchev–Trinajstić information content (AvgIpc) is 2.61. The molecule has 2 rings (SSSR count). The van der Waals surface area contributed by atoms with Crippen LogP contribution in [0.25, 0.3) is 0 Å². The number of rotatable bonds is 5. The summed E-state index contributed by atoms with van der Waals surface area (Å²) in [6.07, 6.45) is -1.05. The van der Waals surface area contributed by atoms with Crippen LogP contribution in [0.2, 0.25) is 0 Å². The van der Waals surface area contributed by atoms with Crippen molar-refractivity contribution < 1.29 is 9.53 Å². The third-order valence-electron chi connectivity index (χ3n) is 3.31. The third kappa shape index (κ3) is 7.15. The number of carbonyl (C=O) groups is 1. The molecule has 1 atom stereocenters. The van der Waals surface area contributed by atoms with Gasteiger partial charge in [0, 0.05) is 14.8 Å². The second-order valence-corrected chi connectivity index (χ2v) is 9.31. The highest BCUT2D eigenvalue weighted by Gasteiger charge is 2.34. The average molecular weight is 559 g/mol. The van der Waals surface area contributed by atoms with Crippen LogP contribution < -0.4 is 20.7 Å². The lowest BCUT2D eigenvalue weighted by atomic mass is 10.2. The first-order chi connectivity index (χ1) is 12.7. The molecule has 2 aromatic rings. The molecule has 0 unspecified atom stereocenters. The van der Waals surface area contributed by atoms with Gasteiger partial charge in [0.15, 0.2) is 5.11 Å². The number of alkyl halides is 3. The van der Waals surface area contributed by atoms with Crippen molar-refractivity contribution >= 4 is 86.3 Å². The molecule has 3 N–H and O–H groups in total. The van der Waals surface area contributed by atoms with Gasteiger partial charge in [0.1, 0.15) is 11.9 Å². The van der Waals surface area contributed by atoms with Crippen LogP contribution in [-0.2, 0) is 0 Å². The van der Waals surface area contributed by atoms with Crippen molar-refractivity contribution in [2.75, 3.05) is 12.4 Å². The van der Waals surface area contributed by atoms with Crippen molar-refractivity contribution in [2.45, 2.75) is 9.96 Å². The zero-order chi connectivity index (χ0) is 20.0. The monoisotopic (exact) mass is 557 g/mol. The van der Waals surface area contributed by atoms with E-state index in [4.69, 9.17) is 51.8 Å². The number of halogens is 4. The Hall–Kier alpha value is -1.000. The number of hydrogen-bond acceptors (Lipinski definition) is 3. The summed E-state index contributed by atoms with van der Waals surface area (Å²) in [5.41, 5.74) is 1.15. The van der Waals surface area contributed by atoms with Gasteiger partial charge in [0.05, 0.1) is 7.11 Å². The van der Waals surface area contributed by atoms with Gasteiger partial charge in [-0.1, -0.05) is 40.9 Å². The fraction of sp³-hybridized carbons (Fsp3) is 0.176. The number of anilines is 1. The Bertz CT molecular complexity index is 816. The van der Waals surface area contributed by atoms with Crippen molar-refractivity contribution in [1.29, 1.82) is 0 Å². The minimum Gasteiger partial charge on any atom is -0.497 e. The predicted molar refractivity (Wildman–Crippen MR) is 123 cm³/mol. The highest BCUT2D eigenvalue weighted by atomic mass is 127. The first kappa shape index (κ1) is 22.3. The molecule has 0 saturated carbocycles. The lowest BCUT2D eigenvalue weighted by Crippen LogP contribution is -2.56. The Morgan fingerprint density at radius 1 is 1.15 bits per heavy atom. The number of nitrogens with one attached hydrogen (secondary N) is 3. The van der Waals surface area contributed by atoms with E-state index < -0.39 is 15.9 Å². The molecule has 0 spiro atoms. The van der Waals surface area contributed by atoms with E-state index in [9.17, 15) is 4.79 Å². The van der Waals surface area contributed by atoms with E-state index in [2.05, 4.69) is 38.5 Å². The van der Waals surface area contributed by atoms with Crippen LogP contribution >= 0.6 is 69.6 Å². The summed E-state index contributed by atoms with van der Waals surface area (Å²) in [5, 5.41) is 8.58. The number of amides is 1. The van der Waals surface area contributed by atoms with E-state index in [1.807, 2.05) is 6.07 Å². The maximum Gasteiger partial charge on any atom is 0.253 e. The van der Waals surface area contributed by atoms with Crippen LogP contribution in [0.1, 0.15) is 10.4 Å². The van der Waals surface area contributed by atoms with Gasteiger partial charge < -0.3 is 20.7 Å². The molecule has 0 aromatic heterocycles. The Morgan fingerprint density at radius 2 is 1.81 bits per heavy atom. The van der Waals surface area contributed by atoms with Gasteiger partial charge in [-0.3, -0.25) is 4.79 Å². The van der Waals surface area contributed by atoms with Crippen molar-refractivity contribution in [1.82, 2.24) is 10.6 Å². The number of methoxy groups -OCH3 is 1. The fourth-order valence-corrected chi connectivity index (χ4v) is 3.12. The van der Waals surface area contributed by atoms with Crippen molar-refractivity contribution in [3.8, 4) is 5.75 Å². The highest BCUT2D eigenvalue weighted by molar-refractivity contribution is 14.1.